The first-order chi connectivity index (χ1) is 10.8. The third-order valence-corrected chi connectivity index (χ3v) is 3.05. The molecule has 1 aromatic heterocycles. The van der Waals surface area contributed by atoms with Crippen LogP contribution in [-0.2, 0) is 6.61 Å². The topological polar surface area (TPSA) is 51.2 Å². The first-order valence-electron chi connectivity index (χ1n) is 7.45. The standard InChI is InChI=1S/C18H21FN2O2/c1-18(2,3)12-21-17(22)13-7-8-15(20-10-13)11-23-16-6-4-5-14(19)9-16/h4-10H,11-12H2,1-3H3,(H,21,22). The molecule has 0 radical (unpaired) electrons. The summed E-state index contributed by atoms with van der Waals surface area (Å²) in [5.41, 5.74) is 1.20. The van der Waals surface area contributed by atoms with Crippen LogP contribution in [0, 0.1) is 11.2 Å². The highest BCUT2D eigenvalue weighted by Gasteiger charge is 2.13. The SMILES string of the molecule is CC(C)(C)CNC(=O)c1ccc(COc2cccc(F)c2)nc1. The van der Waals surface area contributed by atoms with E-state index in [1.54, 1.807) is 24.3 Å². The lowest BCUT2D eigenvalue weighted by molar-refractivity contribution is 0.0939. The number of carbonyl (C=O) groups is 1. The molecule has 0 aliphatic rings. The number of pyridine rings is 1. The second-order valence-corrected chi connectivity index (χ2v) is 6.53. The third-order valence-electron chi connectivity index (χ3n) is 3.05. The van der Waals surface area contributed by atoms with Crippen LogP contribution in [0.3, 0.4) is 0 Å². The van der Waals surface area contributed by atoms with Gasteiger partial charge >= 0.3 is 0 Å². The van der Waals surface area contributed by atoms with Crippen LogP contribution in [0.5, 0.6) is 5.75 Å². The summed E-state index contributed by atoms with van der Waals surface area (Å²) in [5, 5.41) is 2.87. The Bertz CT molecular complexity index is 663. The number of halogens is 1. The minimum Gasteiger partial charge on any atom is -0.487 e. The van der Waals surface area contributed by atoms with Gasteiger partial charge in [0.15, 0.2) is 0 Å². The van der Waals surface area contributed by atoms with E-state index in [4.69, 9.17) is 4.74 Å². The fourth-order valence-corrected chi connectivity index (χ4v) is 1.81. The van der Waals surface area contributed by atoms with Gasteiger partial charge in [0.25, 0.3) is 5.91 Å². The molecule has 1 heterocycles. The van der Waals surface area contributed by atoms with Gasteiger partial charge in [0.2, 0.25) is 0 Å². The van der Waals surface area contributed by atoms with Gasteiger partial charge < -0.3 is 10.1 Å². The number of hydrogen-bond acceptors (Lipinski definition) is 3. The molecule has 0 bridgehead atoms. The lowest BCUT2D eigenvalue weighted by Gasteiger charge is -2.18. The van der Waals surface area contributed by atoms with Crippen molar-refractivity contribution >= 4 is 5.91 Å². The molecule has 4 nitrogen and oxygen atoms in total. The van der Waals surface area contributed by atoms with Gasteiger partial charge in [-0.1, -0.05) is 26.8 Å². The molecule has 0 fully saturated rings. The lowest BCUT2D eigenvalue weighted by Crippen LogP contribution is -2.32. The summed E-state index contributed by atoms with van der Waals surface area (Å²) < 4.78 is 18.5. The summed E-state index contributed by atoms with van der Waals surface area (Å²) >= 11 is 0. The molecular weight excluding hydrogens is 295 g/mol. The van der Waals surface area contributed by atoms with Crippen LogP contribution in [0.1, 0.15) is 36.8 Å². The monoisotopic (exact) mass is 316 g/mol. The average Bonchev–Trinajstić information content (AvgIpc) is 2.50. The third kappa shape index (κ3) is 5.70. The van der Waals surface area contributed by atoms with Gasteiger partial charge in [-0.05, 0) is 29.7 Å². The van der Waals surface area contributed by atoms with Crippen molar-refractivity contribution in [2.75, 3.05) is 6.54 Å². The Morgan fingerprint density at radius 1 is 1.26 bits per heavy atom. The maximum absolute atomic E-state index is 13.1. The highest BCUT2D eigenvalue weighted by molar-refractivity contribution is 5.93. The van der Waals surface area contributed by atoms with E-state index < -0.39 is 0 Å². The second kappa shape index (κ2) is 7.22. The lowest BCUT2D eigenvalue weighted by atomic mass is 9.97. The molecule has 1 aromatic carbocycles. The summed E-state index contributed by atoms with van der Waals surface area (Å²) in [7, 11) is 0. The Morgan fingerprint density at radius 3 is 2.65 bits per heavy atom. The number of aromatic nitrogens is 1. The molecule has 0 saturated carbocycles. The van der Waals surface area contributed by atoms with E-state index in [1.165, 1.54) is 18.3 Å². The Labute approximate surface area is 135 Å². The maximum atomic E-state index is 13.1. The number of nitrogens with one attached hydrogen (secondary N) is 1. The van der Waals surface area contributed by atoms with Crippen LogP contribution in [0.25, 0.3) is 0 Å². The second-order valence-electron chi connectivity index (χ2n) is 6.53. The summed E-state index contributed by atoms with van der Waals surface area (Å²) in [4.78, 5) is 16.2. The number of ether oxygens (including phenoxy) is 1. The molecule has 0 unspecified atom stereocenters. The van der Waals surface area contributed by atoms with Crippen LogP contribution in [-0.4, -0.2) is 17.4 Å². The van der Waals surface area contributed by atoms with Crippen LogP contribution < -0.4 is 10.1 Å². The minimum absolute atomic E-state index is 0.0296. The Morgan fingerprint density at radius 2 is 2.04 bits per heavy atom. The molecule has 0 saturated heterocycles. The van der Waals surface area contributed by atoms with Crippen LogP contribution in [0.15, 0.2) is 42.6 Å². The van der Waals surface area contributed by atoms with Crippen molar-refractivity contribution in [1.29, 1.82) is 0 Å². The first-order valence-corrected chi connectivity index (χ1v) is 7.45. The van der Waals surface area contributed by atoms with Crippen LogP contribution in [0.4, 0.5) is 4.39 Å². The van der Waals surface area contributed by atoms with Gasteiger partial charge in [0.05, 0.1) is 11.3 Å². The fraction of sp³-hybridized carbons (Fsp3) is 0.333. The van der Waals surface area contributed by atoms with Crippen LogP contribution >= 0.6 is 0 Å². The van der Waals surface area contributed by atoms with E-state index in [9.17, 15) is 9.18 Å². The maximum Gasteiger partial charge on any atom is 0.252 e. The molecule has 0 aliphatic heterocycles. The van der Waals surface area contributed by atoms with Gasteiger partial charge in [0, 0.05) is 18.8 Å². The number of amides is 1. The highest BCUT2D eigenvalue weighted by Crippen LogP contribution is 2.14. The first kappa shape index (κ1) is 16.9. The van der Waals surface area contributed by atoms with E-state index in [2.05, 4.69) is 31.1 Å². The molecule has 0 aliphatic carbocycles. The molecule has 0 atom stereocenters. The van der Waals surface area contributed by atoms with Gasteiger partial charge in [-0.2, -0.15) is 0 Å². The van der Waals surface area contributed by atoms with Crippen molar-refractivity contribution in [3.63, 3.8) is 0 Å². The van der Waals surface area contributed by atoms with E-state index in [0.717, 1.165) is 0 Å². The van der Waals surface area contributed by atoms with Crippen molar-refractivity contribution in [2.45, 2.75) is 27.4 Å². The zero-order valence-electron chi connectivity index (χ0n) is 13.6. The molecule has 23 heavy (non-hydrogen) atoms. The summed E-state index contributed by atoms with van der Waals surface area (Å²) in [6.45, 7) is 6.97. The molecule has 1 N–H and O–H groups in total. The highest BCUT2D eigenvalue weighted by atomic mass is 19.1. The predicted molar refractivity (Wildman–Crippen MR) is 86.8 cm³/mol. The Kier molecular flexibility index (Phi) is 5.32. The van der Waals surface area contributed by atoms with E-state index in [1.807, 2.05) is 0 Å². The van der Waals surface area contributed by atoms with Crippen LogP contribution in [0.2, 0.25) is 0 Å². The van der Waals surface area contributed by atoms with Crippen molar-refractivity contribution in [3.05, 3.63) is 59.7 Å². The zero-order valence-corrected chi connectivity index (χ0v) is 13.6. The largest absolute Gasteiger partial charge is 0.487 e. The van der Waals surface area contributed by atoms with Crippen molar-refractivity contribution in [3.8, 4) is 5.75 Å². The molecule has 0 spiro atoms. The molecular formula is C18H21FN2O2. The minimum atomic E-state index is -0.346. The molecule has 1 amide bonds. The van der Waals surface area contributed by atoms with Gasteiger partial charge in [-0.25, -0.2) is 4.39 Å². The van der Waals surface area contributed by atoms with E-state index >= 15 is 0 Å². The molecule has 122 valence electrons. The van der Waals surface area contributed by atoms with Crippen molar-refractivity contribution in [1.82, 2.24) is 10.3 Å². The smallest absolute Gasteiger partial charge is 0.252 e. The summed E-state index contributed by atoms with van der Waals surface area (Å²) in [5.74, 6) is -0.0508. The normalized spacial score (nSPS) is 11.1. The number of carbonyl (C=O) groups excluding carboxylic acids is 1. The predicted octanol–water partition coefficient (Wildman–Crippen LogP) is 3.58. The quantitative estimate of drug-likeness (QED) is 0.917. The number of nitrogens with zero attached hydrogens (tertiary/aromatic N) is 1. The Balaban J connectivity index is 1.90. The average molecular weight is 316 g/mol. The zero-order chi connectivity index (χ0) is 16.9. The number of benzene rings is 1. The molecule has 5 heteroatoms. The summed E-state index contributed by atoms with van der Waals surface area (Å²) in [6, 6.07) is 9.36. The molecule has 2 aromatic rings. The number of rotatable bonds is 5. The van der Waals surface area contributed by atoms with Gasteiger partial charge in [0.1, 0.15) is 18.2 Å². The van der Waals surface area contributed by atoms with E-state index in [0.29, 0.717) is 23.6 Å². The van der Waals surface area contributed by atoms with Gasteiger partial charge in [-0.3, -0.25) is 9.78 Å². The van der Waals surface area contributed by atoms with Crippen molar-refractivity contribution < 1.29 is 13.9 Å². The summed E-state index contributed by atoms with van der Waals surface area (Å²) in [6.07, 6.45) is 1.52. The number of hydrogen-bond donors (Lipinski definition) is 1. The van der Waals surface area contributed by atoms with Gasteiger partial charge in [-0.15, -0.1) is 0 Å². The fourth-order valence-electron chi connectivity index (χ4n) is 1.81. The van der Waals surface area contributed by atoms with E-state index in [-0.39, 0.29) is 23.7 Å². The Hall–Kier alpha value is -2.43. The van der Waals surface area contributed by atoms with Crippen molar-refractivity contribution in [2.24, 2.45) is 5.41 Å². The molecule has 2 rings (SSSR count).